The maximum atomic E-state index is 12.5. The molecule has 0 unspecified atom stereocenters. The number of para-hydroxylation sites is 1. The zero-order valence-corrected chi connectivity index (χ0v) is 20.1. The van der Waals surface area contributed by atoms with Crippen molar-refractivity contribution < 1.29 is 27.5 Å². The molecule has 2 aromatic carbocycles. The van der Waals surface area contributed by atoms with Crippen LogP contribution in [0, 0.1) is 0 Å². The number of ether oxygens (including phenoxy) is 2. The first-order valence-corrected chi connectivity index (χ1v) is 12.9. The molecule has 3 rings (SSSR count). The minimum atomic E-state index is -3.66. The third-order valence-electron chi connectivity index (χ3n) is 5.32. The quantitative estimate of drug-likeness (QED) is 0.394. The van der Waals surface area contributed by atoms with Gasteiger partial charge in [0.25, 0.3) is 0 Å². The van der Waals surface area contributed by atoms with Crippen molar-refractivity contribution in [3.05, 3.63) is 48.0 Å². The van der Waals surface area contributed by atoms with E-state index in [2.05, 4.69) is 15.4 Å². The molecule has 2 amide bonds. The Morgan fingerprint density at radius 2 is 1.71 bits per heavy atom. The number of carbonyl (C=O) groups is 2. The molecule has 34 heavy (non-hydrogen) atoms. The monoisotopic (exact) mass is 489 g/mol. The van der Waals surface area contributed by atoms with E-state index >= 15 is 0 Å². The molecule has 0 atom stereocenters. The molecular weight excluding hydrogens is 458 g/mol. The molecule has 2 aromatic rings. The minimum absolute atomic E-state index is 0.0911. The van der Waals surface area contributed by atoms with E-state index in [-0.39, 0.29) is 36.2 Å². The average Bonchev–Trinajstić information content (AvgIpc) is 2.84. The molecule has 0 spiro atoms. The molecule has 9 nitrogen and oxygen atoms in total. The number of sulfonamides is 1. The van der Waals surface area contributed by atoms with Gasteiger partial charge in [0.1, 0.15) is 13.2 Å². The van der Waals surface area contributed by atoms with Gasteiger partial charge in [-0.05, 0) is 43.0 Å². The second-order valence-electron chi connectivity index (χ2n) is 7.85. The van der Waals surface area contributed by atoms with Crippen molar-refractivity contribution in [2.45, 2.75) is 43.9 Å². The number of amides is 2. The molecule has 0 saturated carbocycles. The van der Waals surface area contributed by atoms with Crippen LogP contribution in [0.4, 0.5) is 5.69 Å². The Morgan fingerprint density at radius 1 is 0.941 bits per heavy atom. The number of nitrogens with one attached hydrogen (secondary N) is 3. The van der Waals surface area contributed by atoms with Gasteiger partial charge in [-0.3, -0.25) is 9.59 Å². The SMILES string of the molecule is CCc1ccccc1NC(=O)CNC(=O)CCCCCNS(=O)(=O)c1ccc2c(c1)OCCO2. The van der Waals surface area contributed by atoms with Crippen molar-refractivity contribution in [3.63, 3.8) is 0 Å². The summed E-state index contributed by atoms with van der Waals surface area (Å²) < 4.78 is 38.3. The van der Waals surface area contributed by atoms with Crippen molar-refractivity contribution in [1.29, 1.82) is 0 Å². The van der Waals surface area contributed by atoms with Crippen molar-refractivity contribution in [2.24, 2.45) is 0 Å². The van der Waals surface area contributed by atoms with Crippen molar-refractivity contribution in [1.82, 2.24) is 10.0 Å². The standard InChI is InChI=1S/C24H31N3O6S/c1-2-18-8-5-6-9-20(18)27-24(29)17-25-23(28)10-4-3-7-13-26-34(30,31)19-11-12-21-22(16-19)33-15-14-32-21/h5-6,8-9,11-12,16,26H,2-4,7,10,13-15,17H2,1H3,(H,25,28)(H,27,29). The lowest BCUT2D eigenvalue weighted by atomic mass is 10.1. The highest BCUT2D eigenvalue weighted by Crippen LogP contribution is 2.32. The lowest BCUT2D eigenvalue weighted by Gasteiger charge is -2.18. The summed E-state index contributed by atoms with van der Waals surface area (Å²) in [5, 5.41) is 5.43. The maximum Gasteiger partial charge on any atom is 0.243 e. The van der Waals surface area contributed by atoms with Gasteiger partial charge in [0.15, 0.2) is 11.5 Å². The zero-order chi connectivity index (χ0) is 24.4. The van der Waals surface area contributed by atoms with Gasteiger partial charge in [0.2, 0.25) is 21.8 Å². The molecule has 0 aliphatic carbocycles. The number of hydrogen-bond acceptors (Lipinski definition) is 6. The normalized spacial score (nSPS) is 12.7. The largest absolute Gasteiger partial charge is 0.486 e. The maximum absolute atomic E-state index is 12.5. The summed E-state index contributed by atoms with van der Waals surface area (Å²) in [6.07, 6.45) is 2.93. The first-order valence-electron chi connectivity index (χ1n) is 11.4. The fourth-order valence-electron chi connectivity index (χ4n) is 3.48. The van der Waals surface area contributed by atoms with Crippen LogP contribution in [-0.4, -0.2) is 46.5 Å². The number of fused-ring (bicyclic) bond motifs is 1. The Balaban J connectivity index is 1.30. The third kappa shape index (κ3) is 7.46. The second kappa shape index (κ2) is 12.4. The van der Waals surface area contributed by atoms with Crippen LogP contribution in [0.1, 0.15) is 38.2 Å². The van der Waals surface area contributed by atoms with Gasteiger partial charge >= 0.3 is 0 Å². The number of carbonyl (C=O) groups excluding carboxylic acids is 2. The summed E-state index contributed by atoms with van der Waals surface area (Å²) in [5.74, 6) is 0.466. The Bertz CT molecular complexity index is 1100. The van der Waals surface area contributed by atoms with Gasteiger partial charge < -0.3 is 20.1 Å². The summed E-state index contributed by atoms with van der Waals surface area (Å²) in [5.41, 5.74) is 1.79. The fraction of sp³-hybridized carbons (Fsp3) is 0.417. The molecule has 1 aliphatic heterocycles. The van der Waals surface area contributed by atoms with Gasteiger partial charge in [0, 0.05) is 24.7 Å². The predicted octanol–water partition coefficient (Wildman–Crippen LogP) is 2.61. The van der Waals surface area contributed by atoms with Gasteiger partial charge in [-0.1, -0.05) is 31.5 Å². The molecule has 0 fully saturated rings. The number of rotatable bonds is 12. The van der Waals surface area contributed by atoms with E-state index < -0.39 is 10.0 Å². The number of benzene rings is 2. The molecule has 0 radical (unpaired) electrons. The zero-order valence-electron chi connectivity index (χ0n) is 19.3. The van der Waals surface area contributed by atoms with Crippen LogP contribution >= 0.6 is 0 Å². The van der Waals surface area contributed by atoms with E-state index in [1.807, 2.05) is 31.2 Å². The van der Waals surface area contributed by atoms with E-state index in [9.17, 15) is 18.0 Å². The van der Waals surface area contributed by atoms with Crippen LogP contribution in [0.15, 0.2) is 47.4 Å². The second-order valence-corrected chi connectivity index (χ2v) is 9.62. The Labute approximate surface area is 200 Å². The van der Waals surface area contributed by atoms with Gasteiger partial charge in [0.05, 0.1) is 11.4 Å². The van der Waals surface area contributed by atoms with Crippen LogP contribution in [0.3, 0.4) is 0 Å². The molecular formula is C24H31N3O6S. The molecule has 0 bridgehead atoms. The van der Waals surface area contributed by atoms with E-state index in [1.54, 1.807) is 6.07 Å². The summed E-state index contributed by atoms with van der Waals surface area (Å²) in [4.78, 5) is 24.2. The van der Waals surface area contributed by atoms with E-state index in [0.717, 1.165) is 17.7 Å². The lowest BCUT2D eigenvalue weighted by molar-refractivity contribution is -0.124. The molecule has 10 heteroatoms. The Morgan fingerprint density at radius 3 is 2.50 bits per heavy atom. The van der Waals surface area contributed by atoms with Crippen molar-refractivity contribution in [2.75, 3.05) is 31.6 Å². The topological polar surface area (TPSA) is 123 Å². The summed E-state index contributed by atoms with van der Waals surface area (Å²) in [7, 11) is -3.66. The average molecular weight is 490 g/mol. The highest BCUT2D eigenvalue weighted by Gasteiger charge is 2.19. The first kappa shape index (κ1) is 25.5. The van der Waals surface area contributed by atoms with Crippen LogP contribution < -0.4 is 24.8 Å². The summed E-state index contributed by atoms with van der Waals surface area (Å²) >= 11 is 0. The number of anilines is 1. The highest BCUT2D eigenvalue weighted by molar-refractivity contribution is 7.89. The van der Waals surface area contributed by atoms with Gasteiger partial charge in [-0.25, -0.2) is 13.1 Å². The number of unbranched alkanes of at least 4 members (excludes halogenated alkanes) is 2. The van der Waals surface area contributed by atoms with Crippen LogP contribution in [0.5, 0.6) is 11.5 Å². The fourth-order valence-corrected chi connectivity index (χ4v) is 4.57. The molecule has 1 heterocycles. The predicted molar refractivity (Wildman–Crippen MR) is 129 cm³/mol. The minimum Gasteiger partial charge on any atom is -0.486 e. The van der Waals surface area contributed by atoms with Gasteiger partial charge in [-0.15, -0.1) is 0 Å². The summed E-state index contributed by atoms with van der Waals surface area (Å²) in [6.45, 7) is 3.00. The molecule has 0 saturated heterocycles. The highest BCUT2D eigenvalue weighted by atomic mass is 32.2. The molecule has 1 aliphatic rings. The molecule has 184 valence electrons. The lowest BCUT2D eigenvalue weighted by Crippen LogP contribution is -2.32. The van der Waals surface area contributed by atoms with Crippen molar-refractivity contribution >= 4 is 27.5 Å². The molecule has 3 N–H and O–H groups in total. The number of aryl methyl sites for hydroxylation is 1. The summed E-state index contributed by atoms with van der Waals surface area (Å²) in [6, 6.07) is 12.1. The van der Waals surface area contributed by atoms with Crippen LogP contribution in [0.2, 0.25) is 0 Å². The smallest absolute Gasteiger partial charge is 0.243 e. The Kier molecular flexibility index (Phi) is 9.29. The molecule has 0 aromatic heterocycles. The van der Waals surface area contributed by atoms with Gasteiger partial charge in [-0.2, -0.15) is 0 Å². The number of hydrogen-bond donors (Lipinski definition) is 3. The Hall–Kier alpha value is -3.11. The third-order valence-corrected chi connectivity index (χ3v) is 6.77. The van der Waals surface area contributed by atoms with Crippen LogP contribution in [-0.2, 0) is 26.0 Å². The first-order chi connectivity index (χ1) is 16.4. The van der Waals surface area contributed by atoms with E-state index in [1.165, 1.54) is 12.1 Å². The van der Waals surface area contributed by atoms with Crippen LogP contribution in [0.25, 0.3) is 0 Å². The van der Waals surface area contributed by atoms with Crippen molar-refractivity contribution in [3.8, 4) is 11.5 Å². The van der Waals surface area contributed by atoms with E-state index in [0.29, 0.717) is 44.0 Å². The van der Waals surface area contributed by atoms with E-state index in [4.69, 9.17) is 9.47 Å².